The molecular formula is C16H27Cl2N3O2. The molecule has 1 aromatic rings. The van der Waals surface area contributed by atoms with Gasteiger partial charge in [0, 0.05) is 26.3 Å². The van der Waals surface area contributed by atoms with E-state index in [0.717, 1.165) is 12.1 Å². The zero-order chi connectivity index (χ0) is 15.3. The molecule has 0 spiro atoms. The van der Waals surface area contributed by atoms with Gasteiger partial charge in [-0.3, -0.25) is 4.79 Å². The van der Waals surface area contributed by atoms with Gasteiger partial charge in [0.15, 0.2) is 0 Å². The van der Waals surface area contributed by atoms with E-state index in [1.165, 1.54) is 5.56 Å². The first-order chi connectivity index (χ1) is 10.0. The molecule has 0 aliphatic carbocycles. The summed E-state index contributed by atoms with van der Waals surface area (Å²) in [6.07, 6.45) is 1.16. The van der Waals surface area contributed by atoms with Crippen molar-refractivity contribution in [2.75, 3.05) is 27.3 Å². The normalized spacial score (nSPS) is 16.2. The molecule has 0 aromatic heterocycles. The van der Waals surface area contributed by atoms with Crippen LogP contribution in [0.1, 0.15) is 24.0 Å². The predicted octanol–water partition coefficient (Wildman–Crippen LogP) is 1.72. The van der Waals surface area contributed by atoms with Crippen molar-refractivity contribution in [1.29, 1.82) is 0 Å². The fourth-order valence-corrected chi connectivity index (χ4v) is 2.54. The number of nitrogens with two attached hydrogens (primary N) is 1. The molecule has 0 unspecified atom stereocenters. The van der Waals surface area contributed by atoms with Gasteiger partial charge in [-0.05, 0) is 38.1 Å². The number of hydrogen-bond donors (Lipinski definition) is 2. The number of rotatable bonds is 5. The summed E-state index contributed by atoms with van der Waals surface area (Å²) < 4.78 is 5.28. The standard InChI is InChI=1S/C16H25N3O2.2ClH/c1-19(2)12-14-6-4-3-5-13(14)11-18-15(20)16(17)7-9-21-10-8-16;;/h3-6H,7-12,17H2,1-2H3,(H,18,20);2*1H. The molecule has 3 N–H and O–H groups in total. The van der Waals surface area contributed by atoms with E-state index in [9.17, 15) is 4.79 Å². The Kier molecular flexibility index (Phi) is 9.73. The Morgan fingerprint density at radius 3 is 2.35 bits per heavy atom. The first kappa shape index (κ1) is 22.1. The van der Waals surface area contributed by atoms with E-state index in [1.54, 1.807) is 0 Å². The molecule has 0 atom stereocenters. The van der Waals surface area contributed by atoms with Crippen LogP contribution in [0.5, 0.6) is 0 Å². The number of halogens is 2. The summed E-state index contributed by atoms with van der Waals surface area (Å²) in [5, 5.41) is 2.98. The van der Waals surface area contributed by atoms with Crippen LogP contribution in [0.25, 0.3) is 0 Å². The number of amides is 1. The van der Waals surface area contributed by atoms with E-state index >= 15 is 0 Å². The van der Waals surface area contributed by atoms with Crippen LogP contribution in [-0.4, -0.2) is 43.7 Å². The number of carbonyl (C=O) groups is 1. The van der Waals surface area contributed by atoms with Crippen molar-refractivity contribution in [2.24, 2.45) is 5.73 Å². The molecule has 0 radical (unpaired) electrons. The van der Waals surface area contributed by atoms with Gasteiger partial charge in [-0.1, -0.05) is 24.3 Å². The van der Waals surface area contributed by atoms with Crippen molar-refractivity contribution in [2.45, 2.75) is 31.5 Å². The summed E-state index contributed by atoms with van der Waals surface area (Å²) >= 11 is 0. The van der Waals surface area contributed by atoms with E-state index in [1.807, 2.05) is 32.3 Å². The number of carbonyl (C=O) groups excluding carboxylic acids is 1. The van der Waals surface area contributed by atoms with Crippen molar-refractivity contribution < 1.29 is 9.53 Å². The van der Waals surface area contributed by atoms with E-state index < -0.39 is 5.54 Å². The van der Waals surface area contributed by atoms with Gasteiger partial charge in [0.05, 0.1) is 5.54 Å². The monoisotopic (exact) mass is 363 g/mol. The molecule has 5 nitrogen and oxygen atoms in total. The minimum atomic E-state index is -0.783. The lowest BCUT2D eigenvalue weighted by molar-refractivity contribution is -0.129. The maximum Gasteiger partial charge on any atom is 0.240 e. The van der Waals surface area contributed by atoms with Crippen LogP contribution in [0, 0.1) is 0 Å². The van der Waals surface area contributed by atoms with Crippen LogP contribution in [-0.2, 0) is 22.6 Å². The molecule has 2 rings (SSSR count). The SMILES string of the molecule is CN(C)Cc1ccccc1CNC(=O)C1(N)CCOCC1.Cl.Cl. The Labute approximate surface area is 150 Å². The number of ether oxygens (including phenoxy) is 1. The van der Waals surface area contributed by atoms with Crippen molar-refractivity contribution in [3.63, 3.8) is 0 Å². The molecule has 1 aliphatic rings. The molecule has 1 fully saturated rings. The number of nitrogens with one attached hydrogen (secondary N) is 1. The molecule has 132 valence electrons. The molecule has 1 amide bonds. The largest absolute Gasteiger partial charge is 0.381 e. The summed E-state index contributed by atoms with van der Waals surface area (Å²) in [6.45, 7) is 2.48. The number of benzene rings is 1. The number of hydrogen-bond acceptors (Lipinski definition) is 4. The zero-order valence-corrected chi connectivity index (χ0v) is 15.3. The third-order valence-electron chi connectivity index (χ3n) is 3.88. The second-order valence-electron chi connectivity index (χ2n) is 5.96. The summed E-state index contributed by atoms with van der Waals surface area (Å²) in [5.74, 6) is -0.0783. The summed E-state index contributed by atoms with van der Waals surface area (Å²) in [5.41, 5.74) is 7.76. The Hall–Kier alpha value is -0.850. The zero-order valence-electron chi connectivity index (χ0n) is 13.7. The van der Waals surface area contributed by atoms with Crippen LogP contribution in [0.3, 0.4) is 0 Å². The predicted molar refractivity (Wildman–Crippen MR) is 97.1 cm³/mol. The average molecular weight is 364 g/mol. The topological polar surface area (TPSA) is 67.6 Å². The van der Waals surface area contributed by atoms with Crippen LogP contribution in [0.4, 0.5) is 0 Å². The van der Waals surface area contributed by atoms with Gasteiger partial charge in [0.1, 0.15) is 0 Å². The molecule has 1 heterocycles. The third-order valence-corrected chi connectivity index (χ3v) is 3.88. The third kappa shape index (κ3) is 6.28. The van der Waals surface area contributed by atoms with Crippen molar-refractivity contribution in [3.05, 3.63) is 35.4 Å². The van der Waals surface area contributed by atoms with Gasteiger partial charge in [0.25, 0.3) is 0 Å². The van der Waals surface area contributed by atoms with Gasteiger partial charge >= 0.3 is 0 Å². The Morgan fingerprint density at radius 1 is 1.22 bits per heavy atom. The molecule has 1 aliphatic heterocycles. The van der Waals surface area contributed by atoms with Gasteiger partial charge < -0.3 is 20.7 Å². The molecular weight excluding hydrogens is 337 g/mol. The molecule has 0 saturated carbocycles. The second-order valence-corrected chi connectivity index (χ2v) is 5.96. The van der Waals surface area contributed by atoms with Crippen LogP contribution < -0.4 is 11.1 Å². The quantitative estimate of drug-likeness (QED) is 0.835. The van der Waals surface area contributed by atoms with E-state index in [2.05, 4.69) is 16.3 Å². The lowest BCUT2D eigenvalue weighted by Gasteiger charge is -2.31. The lowest BCUT2D eigenvalue weighted by atomic mass is 9.90. The maximum atomic E-state index is 12.3. The first-order valence-electron chi connectivity index (χ1n) is 7.38. The highest BCUT2D eigenvalue weighted by Crippen LogP contribution is 2.18. The maximum absolute atomic E-state index is 12.3. The van der Waals surface area contributed by atoms with Crippen molar-refractivity contribution in [1.82, 2.24) is 10.2 Å². The van der Waals surface area contributed by atoms with Crippen molar-refractivity contribution in [3.8, 4) is 0 Å². The van der Waals surface area contributed by atoms with Gasteiger partial charge in [0.2, 0.25) is 5.91 Å². The second kappa shape index (κ2) is 10.1. The summed E-state index contributed by atoms with van der Waals surface area (Å²) in [4.78, 5) is 14.4. The van der Waals surface area contributed by atoms with E-state index in [-0.39, 0.29) is 30.7 Å². The van der Waals surface area contributed by atoms with Gasteiger partial charge in [-0.2, -0.15) is 0 Å². The first-order valence-corrected chi connectivity index (χ1v) is 7.38. The molecule has 0 bridgehead atoms. The van der Waals surface area contributed by atoms with E-state index in [0.29, 0.717) is 32.6 Å². The minimum absolute atomic E-state index is 0. The van der Waals surface area contributed by atoms with Crippen LogP contribution >= 0.6 is 24.8 Å². The number of nitrogens with zero attached hydrogens (tertiary/aromatic N) is 1. The molecule has 23 heavy (non-hydrogen) atoms. The fraction of sp³-hybridized carbons (Fsp3) is 0.562. The van der Waals surface area contributed by atoms with E-state index in [4.69, 9.17) is 10.5 Å². The van der Waals surface area contributed by atoms with Crippen molar-refractivity contribution >= 4 is 30.7 Å². The Morgan fingerprint density at radius 2 is 1.78 bits per heavy atom. The highest BCUT2D eigenvalue weighted by atomic mass is 35.5. The Bertz CT molecular complexity index is 492. The Balaban J connectivity index is 0.00000242. The van der Waals surface area contributed by atoms with Gasteiger partial charge in [-0.15, -0.1) is 24.8 Å². The minimum Gasteiger partial charge on any atom is -0.381 e. The molecule has 7 heteroatoms. The molecule has 1 saturated heterocycles. The summed E-state index contributed by atoms with van der Waals surface area (Å²) in [7, 11) is 4.07. The highest BCUT2D eigenvalue weighted by Gasteiger charge is 2.35. The molecule has 1 aromatic carbocycles. The highest BCUT2D eigenvalue weighted by molar-refractivity contribution is 5.86. The lowest BCUT2D eigenvalue weighted by Crippen LogP contribution is -2.56. The van der Waals surface area contributed by atoms with Gasteiger partial charge in [-0.25, -0.2) is 0 Å². The average Bonchev–Trinajstić information content (AvgIpc) is 2.46. The fourth-order valence-electron chi connectivity index (χ4n) is 2.54. The summed E-state index contributed by atoms with van der Waals surface area (Å²) in [6, 6.07) is 8.15. The smallest absolute Gasteiger partial charge is 0.240 e. The van der Waals surface area contributed by atoms with Crippen LogP contribution in [0.2, 0.25) is 0 Å². The van der Waals surface area contributed by atoms with Crippen LogP contribution in [0.15, 0.2) is 24.3 Å².